The Hall–Kier alpha value is -4.34. The quantitative estimate of drug-likeness (QED) is 0.362. The normalized spacial score (nSPS) is 18.8. The van der Waals surface area contributed by atoms with Crippen molar-refractivity contribution in [3.8, 4) is 0 Å². The Balaban J connectivity index is 1.29. The number of nitrogens with zero attached hydrogens (tertiary/aromatic N) is 2. The molecular weight excluding hydrogens is 560 g/mol. The highest BCUT2D eigenvalue weighted by Crippen LogP contribution is 2.24. The second kappa shape index (κ2) is 13.5. The van der Waals surface area contributed by atoms with Crippen molar-refractivity contribution >= 4 is 47.5 Å². The first-order valence-corrected chi connectivity index (χ1v) is 15.2. The molecule has 4 amide bonds. The van der Waals surface area contributed by atoms with Crippen molar-refractivity contribution in [3.05, 3.63) is 59.7 Å². The fourth-order valence-electron chi connectivity index (χ4n) is 5.16. The van der Waals surface area contributed by atoms with Crippen LogP contribution in [0, 0.1) is 0 Å². The largest absolute Gasteiger partial charge is 0.444 e. The number of carbonyl (C=O) groups excluding carboxylic acids is 4. The average molecular weight is 605 g/mol. The Bertz CT molecular complexity index is 1270. The molecule has 2 heterocycles. The minimum atomic E-state index is -0.621. The van der Waals surface area contributed by atoms with Crippen molar-refractivity contribution in [3.63, 3.8) is 0 Å². The molecule has 0 saturated carbocycles. The zero-order chi connectivity index (χ0) is 32.1. The smallest absolute Gasteiger partial charge is 0.410 e. The standard InChI is InChI=1S/C34H44N4O6/c1-33(2,3)43-31(41)37-21-7-9-27(37)29(39)35-25-17-13-23(14-18-25)11-12-24-15-19-26(20-16-24)36-30(40)28-10-8-22-38(28)32(42)44-34(4,5)6/h11-20,27-28H,7-10,21-22H2,1-6H3,(H,35,39)(H,36,40)/b12-11+/t27-,28-/m0/s1. The molecule has 0 spiro atoms. The van der Waals surface area contributed by atoms with Crippen LogP contribution in [-0.2, 0) is 19.1 Å². The van der Waals surface area contributed by atoms with Crippen molar-refractivity contribution in [1.82, 2.24) is 9.80 Å². The molecule has 0 aliphatic carbocycles. The lowest BCUT2D eigenvalue weighted by molar-refractivity contribution is -0.121. The van der Waals surface area contributed by atoms with Crippen LogP contribution in [-0.4, -0.2) is 70.2 Å². The molecule has 0 unspecified atom stereocenters. The number of amides is 4. The summed E-state index contributed by atoms with van der Waals surface area (Å²) in [5, 5.41) is 5.83. The van der Waals surface area contributed by atoms with Crippen molar-refractivity contribution in [1.29, 1.82) is 0 Å². The van der Waals surface area contributed by atoms with Crippen LogP contribution in [0.25, 0.3) is 12.2 Å². The van der Waals surface area contributed by atoms with Gasteiger partial charge in [0.15, 0.2) is 0 Å². The van der Waals surface area contributed by atoms with E-state index in [1.54, 1.807) is 0 Å². The van der Waals surface area contributed by atoms with Crippen LogP contribution in [0.1, 0.15) is 78.4 Å². The van der Waals surface area contributed by atoms with Gasteiger partial charge in [-0.1, -0.05) is 36.4 Å². The van der Waals surface area contributed by atoms with Crippen LogP contribution in [0.4, 0.5) is 21.0 Å². The topological polar surface area (TPSA) is 117 Å². The van der Waals surface area contributed by atoms with Gasteiger partial charge in [-0.2, -0.15) is 0 Å². The highest BCUT2D eigenvalue weighted by atomic mass is 16.6. The van der Waals surface area contributed by atoms with Gasteiger partial charge in [-0.05, 0) is 103 Å². The lowest BCUT2D eigenvalue weighted by Gasteiger charge is -2.28. The number of rotatable bonds is 6. The fraction of sp³-hybridized carbons (Fsp3) is 0.471. The zero-order valence-corrected chi connectivity index (χ0v) is 26.5. The third kappa shape index (κ3) is 9.08. The summed E-state index contributed by atoms with van der Waals surface area (Å²) in [6.45, 7) is 11.8. The summed E-state index contributed by atoms with van der Waals surface area (Å²) < 4.78 is 10.9. The van der Waals surface area contributed by atoms with Gasteiger partial charge in [0.2, 0.25) is 11.8 Å². The van der Waals surface area contributed by atoms with E-state index in [4.69, 9.17) is 9.47 Å². The van der Waals surface area contributed by atoms with Gasteiger partial charge >= 0.3 is 12.2 Å². The van der Waals surface area contributed by atoms with Crippen molar-refractivity contribution in [2.45, 2.75) is 90.5 Å². The summed E-state index contributed by atoms with van der Waals surface area (Å²) in [4.78, 5) is 53.9. The molecule has 2 atom stereocenters. The van der Waals surface area contributed by atoms with E-state index in [1.807, 2.05) is 102 Å². The Morgan fingerprint density at radius 1 is 0.636 bits per heavy atom. The van der Waals surface area contributed by atoms with Gasteiger partial charge in [-0.25, -0.2) is 9.59 Å². The van der Waals surface area contributed by atoms with Gasteiger partial charge in [-0.15, -0.1) is 0 Å². The molecule has 2 saturated heterocycles. The monoisotopic (exact) mass is 604 g/mol. The third-order valence-corrected chi connectivity index (χ3v) is 7.19. The van der Waals surface area contributed by atoms with E-state index in [0.717, 1.165) is 24.0 Å². The van der Waals surface area contributed by atoms with Gasteiger partial charge in [0, 0.05) is 24.5 Å². The van der Waals surface area contributed by atoms with Gasteiger partial charge in [0.05, 0.1) is 0 Å². The lowest BCUT2D eigenvalue weighted by Crippen LogP contribution is -2.45. The van der Waals surface area contributed by atoms with Crippen molar-refractivity contribution in [2.75, 3.05) is 23.7 Å². The highest BCUT2D eigenvalue weighted by Gasteiger charge is 2.37. The van der Waals surface area contributed by atoms with Gasteiger partial charge in [0.25, 0.3) is 0 Å². The molecule has 2 fully saturated rings. The molecule has 44 heavy (non-hydrogen) atoms. The van der Waals surface area contributed by atoms with Crippen LogP contribution < -0.4 is 10.6 Å². The molecule has 10 nitrogen and oxygen atoms in total. The van der Waals surface area contributed by atoms with E-state index < -0.39 is 35.5 Å². The Kier molecular flexibility index (Phi) is 10.0. The minimum absolute atomic E-state index is 0.227. The first kappa shape index (κ1) is 32.6. The van der Waals surface area contributed by atoms with E-state index in [9.17, 15) is 19.2 Å². The van der Waals surface area contributed by atoms with Crippen LogP contribution in [0.5, 0.6) is 0 Å². The van der Waals surface area contributed by atoms with Crippen LogP contribution in [0.15, 0.2) is 48.5 Å². The molecular formula is C34H44N4O6. The summed E-state index contributed by atoms with van der Waals surface area (Å²) in [5.74, 6) is -0.455. The van der Waals surface area contributed by atoms with Gasteiger partial charge in [0.1, 0.15) is 23.3 Å². The van der Waals surface area contributed by atoms with Gasteiger partial charge < -0.3 is 20.1 Å². The van der Waals surface area contributed by atoms with Crippen LogP contribution in [0.2, 0.25) is 0 Å². The summed E-state index contributed by atoms with van der Waals surface area (Å²) >= 11 is 0. The number of hydrogen-bond donors (Lipinski definition) is 2. The SMILES string of the molecule is CC(C)(C)OC(=O)N1CCC[C@H]1C(=O)Nc1ccc(/C=C/c2ccc(NC(=O)[C@@H]3CCCN3C(=O)OC(C)(C)C)cc2)cc1. The van der Waals surface area contributed by atoms with Crippen LogP contribution in [0.3, 0.4) is 0 Å². The summed E-state index contributed by atoms with van der Waals surface area (Å²) in [5.41, 5.74) is 1.95. The Morgan fingerprint density at radius 3 is 1.30 bits per heavy atom. The second-order valence-corrected chi connectivity index (χ2v) is 13.2. The second-order valence-electron chi connectivity index (χ2n) is 13.2. The number of carbonyl (C=O) groups is 4. The molecule has 2 aromatic carbocycles. The minimum Gasteiger partial charge on any atom is -0.444 e. The molecule has 4 rings (SSSR count). The first-order chi connectivity index (χ1) is 20.7. The molecule has 2 aliphatic heterocycles. The molecule has 2 aliphatic rings. The average Bonchev–Trinajstić information content (AvgIpc) is 3.62. The predicted molar refractivity (Wildman–Crippen MR) is 171 cm³/mol. The number of likely N-dealkylation sites (tertiary alicyclic amines) is 2. The number of nitrogens with one attached hydrogen (secondary N) is 2. The number of benzene rings is 2. The number of hydrogen-bond acceptors (Lipinski definition) is 6. The summed E-state index contributed by atoms with van der Waals surface area (Å²) in [6, 6.07) is 13.8. The summed E-state index contributed by atoms with van der Waals surface area (Å²) in [6.07, 6.45) is 5.67. The molecule has 2 aromatic rings. The Labute approximate surface area is 259 Å². The third-order valence-electron chi connectivity index (χ3n) is 7.19. The van der Waals surface area contributed by atoms with E-state index in [1.165, 1.54) is 9.80 Å². The van der Waals surface area contributed by atoms with Crippen LogP contribution >= 0.6 is 0 Å². The maximum Gasteiger partial charge on any atom is 0.410 e. The molecule has 0 radical (unpaired) electrons. The number of anilines is 2. The first-order valence-electron chi connectivity index (χ1n) is 15.2. The fourth-order valence-corrected chi connectivity index (χ4v) is 5.16. The molecule has 2 N–H and O–H groups in total. The molecule has 0 aromatic heterocycles. The van der Waals surface area contributed by atoms with E-state index in [2.05, 4.69) is 10.6 Å². The summed E-state index contributed by atoms with van der Waals surface area (Å²) in [7, 11) is 0. The predicted octanol–water partition coefficient (Wildman–Crippen LogP) is 6.53. The van der Waals surface area contributed by atoms with Crippen molar-refractivity contribution in [2.24, 2.45) is 0 Å². The van der Waals surface area contributed by atoms with E-state index in [0.29, 0.717) is 37.3 Å². The lowest BCUT2D eigenvalue weighted by atomic mass is 10.1. The molecule has 10 heteroatoms. The maximum atomic E-state index is 12.9. The molecule has 0 bridgehead atoms. The van der Waals surface area contributed by atoms with Gasteiger partial charge in [-0.3, -0.25) is 19.4 Å². The van der Waals surface area contributed by atoms with E-state index in [-0.39, 0.29) is 11.8 Å². The number of ether oxygens (including phenoxy) is 2. The highest BCUT2D eigenvalue weighted by molar-refractivity contribution is 5.97. The Morgan fingerprint density at radius 2 is 0.977 bits per heavy atom. The van der Waals surface area contributed by atoms with Crippen molar-refractivity contribution < 1.29 is 28.7 Å². The molecule has 236 valence electrons. The zero-order valence-electron chi connectivity index (χ0n) is 26.5. The maximum absolute atomic E-state index is 12.9. The van der Waals surface area contributed by atoms with E-state index >= 15 is 0 Å².